The molecule has 2 amide bonds. The third kappa shape index (κ3) is 7.54. The van der Waals surface area contributed by atoms with E-state index in [-0.39, 0.29) is 35.7 Å². The molecule has 0 aliphatic carbocycles. The maximum atomic E-state index is 13.1. The smallest absolute Gasteiger partial charge is 0.252 e. The number of carbonyl (C=O) groups is 2. The first kappa shape index (κ1) is 26.7. The highest BCUT2D eigenvalue weighted by atomic mass is 16.3. The highest BCUT2D eigenvalue weighted by molar-refractivity contribution is 5.96. The van der Waals surface area contributed by atoms with E-state index < -0.39 is 12.1 Å². The number of aliphatic hydroxyl groups excluding tert-OH is 1. The van der Waals surface area contributed by atoms with E-state index >= 15 is 0 Å². The van der Waals surface area contributed by atoms with Crippen LogP contribution in [0.15, 0.2) is 48.5 Å². The molecule has 7 nitrogen and oxygen atoms in total. The van der Waals surface area contributed by atoms with Crippen molar-refractivity contribution < 1.29 is 19.8 Å². The quantitative estimate of drug-likeness (QED) is 0.464. The Morgan fingerprint density at radius 1 is 1.09 bits per heavy atom. The monoisotopic (exact) mass is 481 g/mol. The van der Waals surface area contributed by atoms with Crippen LogP contribution in [0.5, 0.6) is 5.75 Å². The van der Waals surface area contributed by atoms with Crippen molar-refractivity contribution in [1.29, 1.82) is 0 Å². The molecular weight excluding hydrogens is 442 g/mol. The fourth-order valence-corrected chi connectivity index (χ4v) is 4.59. The predicted octanol–water partition coefficient (Wildman–Crippen LogP) is 3.17. The van der Waals surface area contributed by atoms with Crippen molar-refractivity contribution in [2.75, 3.05) is 13.1 Å². The largest absolute Gasteiger partial charge is 0.508 e. The molecule has 0 spiro atoms. The first-order valence-corrected chi connectivity index (χ1v) is 12.4. The van der Waals surface area contributed by atoms with Crippen LogP contribution in [0, 0.1) is 6.92 Å². The van der Waals surface area contributed by atoms with Gasteiger partial charge in [-0.15, -0.1) is 0 Å². The van der Waals surface area contributed by atoms with Gasteiger partial charge in [-0.25, -0.2) is 0 Å². The van der Waals surface area contributed by atoms with Crippen LogP contribution in [-0.4, -0.2) is 63.7 Å². The fraction of sp³-hybridized carbons (Fsp3) is 0.500. The Labute approximate surface area is 208 Å². The van der Waals surface area contributed by atoms with Gasteiger partial charge in [-0.3, -0.25) is 14.5 Å². The summed E-state index contributed by atoms with van der Waals surface area (Å²) in [6, 6.07) is 13.7. The summed E-state index contributed by atoms with van der Waals surface area (Å²) in [7, 11) is 0. The lowest BCUT2D eigenvalue weighted by Gasteiger charge is -2.38. The lowest BCUT2D eigenvalue weighted by molar-refractivity contribution is -0.129. The molecule has 35 heavy (non-hydrogen) atoms. The highest BCUT2D eigenvalue weighted by Gasteiger charge is 2.34. The molecule has 1 aliphatic rings. The molecule has 0 unspecified atom stereocenters. The Kier molecular flexibility index (Phi) is 8.92. The van der Waals surface area contributed by atoms with Crippen molar-refractivity contribution in [2.45, 2.75) is 77.1 Å². The molecular formula is C28H39N3O4. The van der Waals surface area contributed by atoms with Crippen LogP contribution in [0.4, 0.5) is 0 Å². The van der Waals surface area contributed by atoms with E-state index in [1.807, 2.05) is 56.0 Å². The summed E-state index contributed by atoms with van der Waals surface area (Å²) >= 11 is 0. The van der Waals surface area contributed by atoms with Crippen molar-refractivity contribution in [1.82, 2.24) is 15.5 Å². The molecule has 2 aromatic carbocycles. The zero-order valence-corrected chi connectivity index (χ0v) is 21.3. The number of phenols is 1. The third-order valence-corrected chi connectivity index (χ3v) is 6.47. The van der Waals surface area contributed by atoms with Gasteiger partial charge in [0.2, 0.25) is 5.91 Å². The van der Waals surface area contributed by atoms with Crippen LogP contribution >= 0.6 is 0 Å². The van der Waals surface area contributed by atoms with E-state index in [1.54, 1.807) is 25.1 Å². The van der Waals surface area contributed by atoms with E-state index in [1.165, 1.54) is 0 Å². The standard InChI is InChI=1S/C28H39N3O4/c1-19-21(13-10-15-24(19)32)26(34)29-22(17-20-11-6-5-7-12-20)25(33)18-31-16-9-8-14-23(31)27(35)30-28(2,3)4/h5-7,10-13,15,22-23,25,32-33H,8-9,14,16-18H2,1-4H3,(H,29,34)(H,30,35)/t22-,23-,25+/m0/s1. The molecule has 1 fully saturated rings. The second-order valence-electron chi connectivity index (χ2n) is 10.5. The summed E-state index contributed by atoms with van der Waals surface area (Å²) in [5.74, 6) is -0.318. The fourth-order valence-electron chi connectivity index (χ4n) is 4.59. The predicted molar refractivity (Wildman–Crippen MR) is 137 cm³/mol. The Morgan fingerprint density at radius 3 is 2.49 bits per heavy atom. The Balaban J connectivity index is 1.78. The van der Waals surface area contributed by atoms with Crippen LogP contribution in [0.25, 0.3) is 0 Å². The van der Waals surface area contributed by atoms with Crippen molar-refractivity contribution in [3.8, 4) is 5.75 Å². The number of nitrogens with one attached hydrogen (secondary N) is 2. The lowest BCUT2D eigenvalue weighted by Crippen LogP contribution is -2.57. The summed E-state index contributed by atoms with van der Waals surface area (Å²) in [5, 5.41) is 27.4. The van der Waals surface area contributed by atoms with Gasteiger partial charge in [-0.1, -0.05) is 42.8 Å². The summed E-state index contributed by atoms with van der Waals surface area (Å²) in [6.07, 6.45) is 2.23. The van der Waals surface area contributed by atoms with E-state index in [4.69, 9.17) is 0 Å². The third-order valence-electron chi connectivity index (χ3n) is 6.47. The van der Waals surface area contributed by atoms with Crippen LogP contribution in [-0.2, 0) is 11.2 Å². The number of aliphatic hydroxyl groups is 1. The molecule has 190 valence electrons. The number of carbonyl (C=O) groups excluding carboxylic acids is 2. The van der Waals surface area contributed by atoms with Crippen LogP contribution < -0.4 is 10.6 Å². The summed E-state index contributed by atoms with van der Waals surface area (Å²) < 4.78 is 0. The van der Waals surface area contributed by atoms with Gasteiger partial charge in [0, 0.05) is 23.2 Å². The number of likely N-dealkylation sites (tertiary alicyclic amines) is 1. The molecule has 2 aromatic rings. The average molecular weight is 482 g/mol. The maximum Gasteiger partial charge on any atom is 0.252 e. The minimum absolute atomic E-state index is 0.0246. The van der Waals surface area contributed by atoms with Crippen LogP contribution in [0.1, 0.15) is 61.5 Å². The van der Waals surface area contributed by atoms with Gasteiger partial charge >= 0.3 is 0 Å². The minimum atomic E-state index is -0.889. The highest BCUT2D eigenvalue weighted by Crippen LogP contribution is 2.22. The summed E-state index contributed by atoms with van der Waals surface area (Å²) in [4.78, 5) is 28.1. The molecule has 4 N–H and O–H groups in total. The van der Waals surface area contributed by atoms with E-state index in [9.17, 15) is 19.8 Å². The molecule has 1 saturated heterocycles. The molecule has 3 atom stereocenters. The minimum Gasteiger partial charge on any atom is -0.508 e. The van der Waals surface area contributed by atoms with Crippen LogP contribution in [0.2, 0.25) is 0 Å². The first-order chi connectivity index (χ1) is 16.5. The number of phenolic OH excluding ortho intramolecular Hbond substituents is 1. The van der Waals surface area contributed by atoms with Gasteiger partial charge in [0.1, 0.15) is 5.75 Å². The normalized spacial score (nSPS) is 18.5. The van der Waals surface area contributed by atoms with E-state index in [0.717, 1.165) is 31.4 Å². The number of nitrogens with zero attached hydrogens (tertiary/aromatic N) is 1. The van der Waals surface area contributed by atoms with Gasteiger partial charge in [0.25, 0.3) is 5.91 Å². The molecule has 0 bridgehead atoms. The molecule has 0 saturated carbocycles. The number of β-amino-alcohol motifs (C(OH)–C–C–N with tert-alkyl or cyclic N) is 1. The number of aromatic hydroxyl groups is 1. The second-order valence-corrected chi connectivity index (χ2v) is 10.5. The van der Waals surface area contributed by atoms with E-state index in [0.29, 0.717) is 17.5 Å². The summed E-state index contributed by atoms with van der Waals surface area (Å²) in [5.41, 5.74) is 1.52. The SMILES string of the molecule is Cc1c(O)cccc1C(=O)N[C@@H](Cc1ccccc1)[C@H](O)CN1CCCC[C@H]1C(=O)NC(C)(C)C. The Morgan fingerprint density at radius 2 is 1.80 bits per heavy atom. The van der Waals surface area contributed by atoms with Gasteiger partial charge in [-0.2, -0.15) is 0 Å². The van der Waals surface area contributed by atoms with Crippen molar-refractivity contribution in [2.24, 2.45) is 0 Å². The van der Waals surface area contributed by atoms with Gasteiger partial charge in [0.15, 0.2) is 0 Å². The number of hydrogen-bond donors (Lipinski definition) is 4. The van der Waals surface area contributed by atoms with Gasteiger partial charge in [0.05, 0.1) is 18.2 Å². The molecule has 0 radical (unpaired) electrons. The van der Waals surface area contributed by atoms with E-state index in [2.05, 4.69) is 10.6 Å². The van der Waals surface area contributed by atoms with Crippen molar-refractivity contribution in [3.05, 3.63) is 65.2 Å². The van der Waals surface area contributed by atoms with Gasteiger partial charge < -0.3 is 20.8 Å². The number of benzene rings is 2. The number of hydrogen-bond acceptors (Lipinski definition) is 5. The zero-order valence-electron chi connectivity index (χ0n) is 21.3. The topological polar surface area (TPSA) is 102 Å². The number of rotatable bonds is 8. The second kappa shape index (κ2) is 11.7. The first-order valence-electron chi connectivity index (χ1n) is 12.4. The average Bonchev–Trinajstić information content (AvgIpc) is 2.80. The van der Waals surface area contributed by atoms with Crippen molar-refractivity contribution in [3.63, 3.8) is 0 Å². The molecule has 7 heteroatoms. The maximum absolute atomic E-state index is 13.1. The molecule has 1 heterocycles. The van der Waals surface area contributed by atoms with Crippen molar-refractivity contribution >= 4 is 11.8 Å². The Bertz CT molecular complexity index is 1000. The zero-order chi connectivity index (χ0) is 25.6. The number of amides is 2. The molecule has 3 rings (SSSR count). The molecule has 1 aliphatic heterocycles. The van der Waals surface area contributed by atoms with Crippen LogP contribution in [0.3, 0.4) is 0 Å². The number of piperidine rings is 1. The lowest BCUT2D eigenvalue weighted by atomic mass is 9.96. The Hall–Kier alpha value is -2.90. The molecule has 0 aromatic heterocycles. The van der Waals surface area contributed by atoms with Gasteiger partial charge in [-0.05, 0) is 71.2 Å². The summed E-state index contributed by atoms with van der Waals surface area (Å²) in [6.45, 7) is 8.57.